The van der Waals surface area contributed by atoms with Crippen molar-refractivity contribution < 1.29 is 23.7 Å². The van der Waals surface area contributed by atoms with E-state index in [1.54, 1.807) is 0 Å². The van der Waals surface area contributed by atoms with Crippen LogP contribution in [0.15, 0.2) is 48.5 Å². The second-order valence-electron chi connectivity index (χ2n) is 5.44. The summed E-state index contributed by atoms with van der Waals surface area (Å²) < 4.78 is 28.0. The highest BCUT2D eigenvalue weighted by molar-refractivity contribution is 5.35. The molecule has 1 aliphatic rings. The van der Waals surface area contributed by atoms with Gasteiger partial charge in [-0.05, 0) is 47.9 Å². The van der Waals surface area contributed by atoms with Gasteiger partial charge in [-0.2, -0.15) is 0 Å². The number of rotatable bonds is 0. The Morgan fingerprint density at radius 1 is 0.556 bits per heavy atom. The predicted molar refractivity (Wildman–Crippen MR) is 101 cm³/mol. The first kappa shape index (κ1) is 18.5. The molecule has 0 amide bonds. The molecular weight excluding hydrogens is 344 g/mol. The summed E-state index contributed by atoms with van der Waals surface area (Å²) in [6.07, 6.45) is 0. The summed E-state index contributed by atoms with van der Waals surface area (Å²) in [6.45, 7) is 2.34. The molecule has 0 radical (unpaired) electrons. The van der Waals surface area contributed by atoms with Gasteiger partial charge in [0.25, 0.3) is 0 Å². The maximum absolute atomic E-state index is 5.66. The zero-order chi connectivity index (χ0) is 18.6. The molecule has 1 aliphatic heterocycles. The van der Waals surface area contributed by atoms with Crippen LogP contribution in [0.3, 0.4) is 0 Å². The van der Waals surface area contributed by atoms with Crippen molar-refractivity contribution in [3.8, 4) is 46.7 Å². The molecule has 0 aromatic heterocycles. The van der Waals surface area contributed by atoms with E-state index in [2.05, 4.69) is 23.7 Å². The molecule has 2 aromatic rings. The fourth-order valence-corrected chi connectivity index (χ4v) is 2.25. The van der Waals surface area contributed by atoms with Crippen LogP contribution in [-0.4, -0.2) is 39.6 Å². The summed E-state index contributed by atoms with van der Waals surface area (Å²) in [6, 6.07) is 14.8. The number of hydrogen-bond donors (Lipinski definition) is 0. The molecule has 0 fully saturated rings. The molecule has 1 heterocycles. The van der Waals surface area contributed by atoms with E-state index in [-0.39, 0.29) is 13.2 Å². The minimum Gasteiger partial charge on any atom is -0.491 e. The third-order valence-electron chi connectivity index (χ3n) is 3.47. The largest absolute Gasteiger partial charge is 0.491 e. The van der Waals surface area contributed by atoms with Crippen LogP contribution in [-0.2, 0) is 4.74 Å². The van der Waals surface area contributed by atoms with Gasteiger partial charge < -0.3 is 23.7 Å². The van der Waals surface area contributed by atoms with Crippen LogP contribution >= 0.6 is 0 Å². The molecule has 0 aliphatic carbocycles. The lowest BCUT2D eigenvalue weighted by Gasteiger charge is -2.10. The Labute approximate surface area is 159 Å². The maximum atomic E-state index is 5.66. The summed E-state index contributed by atoms with van der Waals surface area (Å²) in [7, 11) is 0. The Bertz CT molecular complexity index is 782. The fourth-order valence-electron chi connectivity index (χ4n) is 2.25. The topological polar surface area (TPSA) is 46.2 Å². The Hall–Kier alpha value is -3.28. The Kier molecular flexibility index (Phi) is 7.30. The first-order valence-electron chi connectivity index (χ1n) is 8.65. The molecule has 5 nitrogen and oxygen atoms in total. The highest BCUT2D eigenvalue weighted by Crippen LogP contribution is 2.20. The van der Waals surface area contributed by atoms with Gasteiger partial charge in [-0.25, -0.2) is 0 Å². The third kappa shape index (κ3) is 6.86. The fraction of sp³-hybridized carbons (Fsp3) is 0.273. The van der Waals surface area contributed by atoms with E-state index in [0.29, 0.717) is 37.9 Å². The van der Waals surface area contributed by atoms with Gasteiger partial charge in [-0.3, -0.25) is 0 Å². The van der Waals surface area contributed by atoms with Crippen molar-refractivity contribution in [1.82, 2.24) is 0 Å². The van der Waals surface area contributed by atoms with Crippen molar-refractivity contribution >= 4 is 0 Å². The van der Waals surface area contributed by atoms with Crippen LogP contribution in [0.1, 0.15) is 0 Å². The lowest BCUT2D eigenvalue weighted by atomic mass is 10.3. The summed E-state index contributed by atoms with van der Waals surface area (Å²) in [5.41, 5.74) is 0. The van der Waals surface area contributed by atoms with Crippen LogP contribution in [0.25, 0.3) is 0 Å². The van der Waals surface area contributed by atoms with Gasteiger partial charge in [-0.15, -0.1) is 0 Å². The van der Waals surface area contributed by atoms with Gasteiger partial charge in [0.2, 0.25) is 0 Å². The number of fused-ring (bicyclic) bond motifs is 4. The van der Waals surface area contributed by atoms with Gasteiger partial charge in [0.05, 0.1) is 13.2 Å². The second kappa shape index (κ2) is 10.7. The normalized spacial score (nSPS) is 14.8. The van der Waals surface area contributed by atoms with Gasteiger partial charge in [0.1, 0.15) is 49.4 Å². The molecule has 0 atom stereocenters. The minimum atomic E-state index is 0.251. The molecule has 4 bridgehead atoms. The highest BCUT2D eigenvalue weighted by atomic mass is 16.5. The molecule has 27 heavy (non-hydrogen) atoms. The monoisotopic (exact) mass is 364 g/mol. The number of hydrogen-bond acceptors (Lipinski definition) is 5. The van der Waals surface area contributed by atoms with Crippen LogP contribution in [0.5, 0.6) is 23.0 Å². The lowest BCUT2D eigenvalue weighted by molar-refractivity contribution is 0.0763. The number of ether oxygens (including phenoxy) is 5. The van der Waals surface area contributed by atoms with Crippen LogP contribution < -0.4 is 18.9 Å². The van der Waals surface area contributed by atoms with Crippen LogP contribution in [0.2, 0.25) is 0 Å². The second-order valence-corrected chi connectivity index (χ2v) is 5.44. The van der Waals surface area contributed by atoms with Gasteiger partial charge >= 0.3 is 0 Å². The van der Waals surface area contributed by atoms with E-state index in [4.69, 9.17) is 23.7 Å². The Balaban J connectivity index is 1.62. The molecule has 5 heteroatoms. The molecule has 3 rings (SSSR count). The Morgan fingerprint density at radius 3 is 1.48 bits per heavy atom. The first-order chi connectivity index (χ1) is 13.4. The van der Waals surface area contributed by atoms with Gasteiger partial charge in [-0.1, -0.05) is 12.1 Å². The molecular formula is C22H20O5. The lowest BCUT2D eigenvalue weighted by Crippen LogP contribution is -2.12. The van der Waals surface area contributed by atoms with E-state index in [1.807, 2.05) is 48.5 Å². The highest BCUT2D eigenvalue weighted by Gasteiger charge is 2.00. The molecule has 0 N–H and O–H groups in total. The predicted octanol–water partition coefficient (Wildman–Crippen LogP) is 2.94. The molecule has 0 saturated heterocycles. The molecule has 0 unspecified atom stereocenters. The first-order valence-corrected chi connectivity index (χ1v) is 8.65. The van der Waals surface area contributed by atoms with Crippen molar-refractivity contribution in [3.63, 3.8) is 0 Å². The van der Waals surface area contributed by atoms with Crippen molar-refractivity contribution in [2.75, 3.05) is 39.6 Å². The van der Waals surface area contributed by atoms with Crippen molar-refractivity contribution in [3.05, 3.63) is 48.5 Å². The zero-order valence-corrected chi connectivity index (χ0v) is 14.9. The van der Waals surface area contributed by atoms with E-state index < -0.39 is 0 Å². The minimum absolute atomic E-state index is 0.251. The van der Waals surface area contributed by atoms with Crippen LogP contribution in [0, 0.1) is 23.7 Å². The smallest absolute Gasteiger partial charge is 0.150 e. The number of benzene rings is 2. The summed E-state index contributed by atoms with van der Waals surface area (Å²) in [5.74, 6) is 14.0. The summed E-state index contributed by atoms with van der Waals surface area (Å²) >= 11 is 0. The van der Waals surface area contributed by atoms with E-state index in [0.717, 1.165) is 11.5 Å². The van der Waals surface area contributed by atoms with Gasteiger partial charge in [0, 0.05) is 12.1 Å². The molecule has 0 saturated carbocycles. The molecule has 138 valence electrons. The zero-order valence-electron chi connectivity index (χ0n) is 14.9. The van der Waals surface area contributed by atoms with Gasteiger partial charge in [0.15, 0.2) is 0 Å². The van der Waals surface area contributed by atoms with Crippen molar-refractivity contribution in [2.45, 2.75) is 0 Å². The summed E-state index contributed by atoms with van der Waals surface area (Å²) in [5, 5.41) is 0. The molecule has 2 aromatic carbocycles. The quantitative estimate of drug-likeness (QED) is 0.673. The van der Waals surface area contributed by atoms with Crippen LogP contribution in [0.4, 0.5) is 0 Å². The van der Waals surface area contributed by atoms with Crippen molar-refractivity contribution in [1.29, 1.82) is 0 Å². The average Bonchev–Trinajstić information content (AvgIpc) is 2.69. The maximum Gasteiger partial charge on any atom is 0.150 e. The third-order valence-corrected chi connectivity index (χ3v) is 3.47. The molecule has 0 spiro atoms. The van der Waals surface area contributed by atoms with E-state index >= 15 is 0 Å². The summed E-state index contributed by atoms with van der Waals surface area (Å²) in [4.78, 5) is 0. The standard InChI is InChI=1S/C22H20O5/c1-2-4-12-25-20-8-6-10-22(18-20)27-16-14-23-13-15-26-21-9-5-7-19(17-21)24-11-3-1/h5-10,17-18H,11-16H2. The van der Waals surface area contributed by atoms with E-state index in [1.165, 1.54) is 0 Å². The average molecular weight is 364 g/mol. The van der Waals surface area contributed by atoms with Crippen molar-refractivity contribution in [2.24, 2.45) is 0 Å². The van der Waals surface area contributed by atoms with E-state index in [9.17, 15) is 0 Å². The SMILES string of the molecule is C1#CCOc2cccc(c2)OCCOCCOc2cccc(c2)OCC#C1. The Morgan fingerprint density at radius 2 is 1.00 bits per heavy atom.